The molecule has 114 valence electrons. The minimum Gasteiger partial charge on any atom is -0.494 e. The summed E-state index contributed by atoms with van der Waals surface area (Å²) in [7, 11) is 1.49. The summed E-state index contributed by atoms with van der Waals surface area (Å²) in [4.78, 5) is 1.32. The maximum Gasteiger partial charge on any atom is 0.165 e. The van der Waals surface area contributed by atoms with Gasteiger partial charge in [0.2, 0.25) is 0 Å². The van der Waals surface area contributed by atoms with Crippen LogP contribution in [-0.4, -0.2) is 7.11 Å². The first-order valence-electron chi connectivity index (χ1n) is 7.15. The van der Waals surface area contributed by atoms with Gasteiger partial charge in [-0.25, -0.2) is 4.39 Å². The van der Waals surface area contributed by atoms with Crippen LogP contribution >= 0.6 is 11.3 Å². The van der Waals surface area contributed by atoms with E-state index in [1.54, 1.807) is 23.5 Å². The fourth-order valence-corrected chi connectivity index (χ4v) is 3.34. The highest BCUT2D eigenvalue weighted by Gasteiger charge is 2.20. The lowest BCUT2D eigenvalue weighted by Gasteiger charge is -2.26. The van der Waals surface area contributed by atoms with Crippen LogP contribution < -0.4 is 10.1 Å². The molecule has 2 rings (SSSR count). The summed E-state index contributed by atoms with van der Waals surface area (Å²) in [6, 6.07) is 9.66. The summed E-state index contributed by atoms with van der Waals surface area (Å²) in [6.45, 7) is 6.50. The lowest BCUT2D eigenvalue weighted by atomic mass is 9.99. The summed E-state index contributed by atoms with van der Waals surface area (Å²) in [5.41, 5.74) is 1.02. The summed E-state index contributed by atoms with van der Waals surface area (Å²) in [5, 5.41) is 5.73. The summed E-state index contributed by atoms with van der Waals surface area (Å²) in [6.07, 6.45) is 0. The second-order valence-electron chi connectivity index (χ2n) is 5.52. The lowest BCUT2D eigenvalue weighted by Crippen LogP contribution is -2.27. The molecule has 2 unspecified atom stereocenters. The van der Waals surface area contributed by atoms with Gasteiger partial charge in [-0.2, -0.15) is 0 Å². The van der Waals surface area contributed by atoms with Crippen LogP contribution in [0.3, 0.4) is 0 Å². The van der Waals surface area contributed by atoms with Crippen molar-refractivity contribution in [2.75, 3.05) is 7.11 Å². The van der Waals surface area contributed by atoms with Crippen molar-refractivity contribution in [3.63, 3.8) is 0 Å². The van der Waals surface area contributed by atoms with Gasteiger partial charge in [-0.3, -0.25) is 0 Å². The Morgan fingerprint density at radius 1 is 1.19 bits per heavy atom. The molecular weight excluding hydrogens is 285 g/mol. The largest absolute Gasteiger partial charge is 0.494 e. The van der Waals surface area contributed by atoms with E-state index in [-0.39, 0.29) is 17.9 Å². The van der Waals surface area contributed by atoms with Crippen LogP contribution in [0.15, 0.2) is 35.7 Å². The molecule has 2 atom stereocenters. The molecule has 1 heterocycles. The predicted octanol–water partition coefficient (Wildman–Crippen LogP) is 4.94. The number of ether oxygens (including phenoxy) is 1. The fraction of sp³-hybridized carbons (Fsp3) is 0.412. The van der Waals surface area contributed by atoms with E-state index >= 15 is 0 Å². The van der Waals surface area contributed by atoms with Gasteiger partial charge in [0.1, 0.15) is 0 Å². The molecule has 0 aliphatic rings. The molecule has 0 fully saturated rings. The first kappa shape index (κ1) is 16.0. The molecule has 0 saturated carbocycles. The Morgan fingerprint density at radius 3 is 2.52 bits per heavy atom. The summed E-state index contributed by atoms with van der Waals surface area (Å²) in [5.74, 6) is 0.443. The molecule has 1 aromatic heterocycles. The summed E-state index contributed by atoms with van der Waals surface area (Å²) < 4.78 is 18.6. The Kier molecular flexibility index (Phi) is 5.37. The van der Waals surface area contributed by atoms with Gasteiger partial charge < -0.3 is 10.1 Å². The average Bonchev–Trinajstić information content (AvgIpc) is 2.98. The predicted molar refractivity (Wildman–Crippen MR) is 86.4 cm³/mol. The van der Waals surface area contributed by atoms with E-state index in [9.17, 15) is 4.39 Å². The molecule has 0 aliphatic carbocycles. The Bertz CT molecular complexity index is 568. The quantitative estimate of drug-likeness (QED) is 0.816. The second-order valence-corrected chi connectivity index (χ2v) is 6.50. The van der Waals surface area contributed by atoms with Gasteiger partial charge in [0.15, 0.2) is 11.6 Å². The van der Waals surface area contributed by atoms with Crippen molar-refractivity contribution in [2.45, 2.75) is 32.9 Å². The standard InChI is InChI=1S/C17H22FNOS/c1-11(2)17(16-6-5-9-21-16)19-12(3)13-7-8-14(18)15(10-13)20-4/h5-12,17,19H,1-4H3. The molecular formula is C17H22FNOS. The number of nitrogens with one attached hydrogen (secondary N) is 1. The van der Waals surface area contributed by atoms with Crippen LogP contribution in [0, 0.1) is 11.7 Å². The first-order chi connectivity index (χ1) is 10.0. The van der Waals surface area contributed by atoms with E-state index in [2.05, 4.69) is 43.6 Å². The highest BCUT2D eigenvalue weighted by atomic mass is 32.1. The average molecular weight is 307 g/mol. The fourth-order valence-electron chi connectivity index (χ4n) is 2.38. The van der Waals surface area contributed by atoms with Gasteiger partial charge in [-0.1, -0.05) is 26.0 Å². The number of rotatable bonds is 6. The topological polar surface area (TPSA) is 21.3 Å². The Labute approximate surface area is 130 Å². The van der Waals surface area contributed by atoms with Gasteiger partial charge in [0.05, 0.1) is 7.11 Å². The van der Waals surface area contributed by atoms with Gasteiger partial charge >= 0.3 is 0 Å². The van der Waals surface area contributed by atoms with Crippen LogP contribution in [0.1, 0.15) is 43.3 Å². The van der Waals surface area contributed by atoms with Crippen molar-refractivity contribution in [2.24, 2.45) is 5.92 Å². The number of hydrogen-bond donors (Lipinski definition) is 1. The molecule has 0 amide bonds. The van der Waals surface area contributed by atoms with Crippen LogP contribution in [0.25, 0.3) is 0 Å². The maximum absolute atomic E-state index is 13.5. The third-order valence-electron chi connectivity index (χ3n) is 3.62. The Hall–Kier alpha value is -1.39. The number of thiophene rings is 1. The number of halogens is 1. The molecule has 4 heteroatoms. The monoisotopic (exact) mass is 307 g/mol. The van der Waals surface area contributed by atoms with E-state index in [0.29, 0.717) is 11.7 Å². The van der Waals surface area contributed by atoms with E-state index in [4.69, 9.17) is 4.74 Å². The molecule has 0 saturated heterocycles. The summed E-state index contributed by atoms with van der Waals surface area (Å²) >= 11 is 1.76. The van der Waals surface area contributed by atoms with E-state index in [1.165, 1.54) is 18.1 Å². The number of hydrogen-bond acceptors (Lipinski definition) is 3. The van der Waals surface area contributed by atoms with E-state index in [1.807, 2.05) is 0 Å². The van der Waals surface area contributed by atoms with Crippen molar-refractivity contribution in [3.05, 3.63) is 52.0 Å². The van der Waals surface area contributed by atoms with Crippen molar-refractivity contribution < 1.29 is 9.13 Å². The zero-order valence-corrected chi connectivity index (χ0v) is 13.7. The molecule has 2 nitrogen and oxygen atoms in total. The van der Waals surface area contributed by atoms with Gasteiger partial charge in [0, 0.05) is 17.0 Å². The molecule has 1 aromatic carbocycles. The normalized spacial score (nSPS) is 14.2. The van der Waals surface area contributed by atoms with Gasteiger partial charge in [0.25, 0.3) is 0 Å². The molecule has 1 N–H and O–H groups in total. The Balaban J connectivity index is 2.17. The Morgan fingerprint density at radius 2 is 1.95 bits per heavy atom. The smallest absolute Gasteiger partial charge is 0.165 e. The minimum atomic E-state index is -0.327. The van der Waals surface area contributed by atoms with Gasteiger partial charge in [-0.15, -0.1) is 11.3 Å². The molecule has 21 heavy (non-hydrogen) atoms. The van der Waals surface area contributed by atoms with Crippen molar-refractivity contribution in [1.82, 2.24) is 5.32 Å². The lowest BCUT2D eigenvalue weighted by molar-refractivity contribution is 0.371. The maximum atomic E-state index is 13.5. The number of benzene rings is 1. The minimum absolute atomic E-state index is 0.119. The molecule has 2 aromatic rings. The zero-order chi connectivity index (χ0) is 15.4. The molecule has 0 radical (unpaired) electrons. The molecule has 0 spiro atoms. The van der Waals surface area contributed by atoms with Crippen molar-refractivity contribution in [3.8, 4) is 5.75 Å². The second kappa shape index (κ2) is 7.05. The van der Waals surface area contributed by atoms with Gasteiger partial charge in [-0.05, 0) is 42.0 Å². The van der Waals surface area contributed by atoms with Crippen molar-refractivity contribution in [1.29, 1.82) is 0 Å². The van der Waals surface area contributed by atoms with Crippen LogP contribution in [0.2, 0.25) is 0 Å². The molecule has 0 bridgehead atoms. The third kappa shape index (κ3) is 3.83. The SMILES string of the molecule is COc1cc(C(C)NC(c2cccs2)C(C)C)ccc1F. The van der Waals surface area contributed by atoms with Crippen LogP contribution in [0.5, 0.6) is 5.75 Å². The molecule has 0 aliphatic heterocycles. The van der Waals surface area contributed by atoms with E-state index < -0.39 is 0 Å². The van der Waals surface area contributed by atoms with Crippen molar-refractivity contribution >= 4 is 11.3 Å². The third-order valence-corrected chi connectivity index (χ3v) is 4.58. The highest BCUT2D eigenvalue weighted by Crippen LogP contribution is 2.30. The first-order valence-corrected chi connectivity index (χ1v) is 8.03. The number of methoxy groups -OCH3 is 1. The highest BCUT2D eigenvalue weighted by molar-refractivity contribution is 7.10. The van der Waals surface area contributed by atoms with Crippen LogP contribution in [-0.2, 0) is 0 Å². The zero-order valence-electron chi connectivity index (χ0n) is 12.9. The van der Waals surface area contributed by atoms with Crippen LogP contribution in [0.4, 0.5) is 4.39 Å². The van der Waals surface area contributed by atoms with E-state index in [0.717, 1.165) is 5.56 Å².